The van der Waals surface area contributed by atoms with Crippen LogP contribution in [0.1, 0.15) is 23.1 Å². The maximum Gasteiger partial charge on any atom is 0.184 e. The van der Waals surface area contributed by atoms with E-state index >= 15 is 0 Å². The predicted octanol–water partition coefficient (Wildman–Crippen LogP) is 3.26. The maximum absolute atomic E-state index is 5.55. The number of methoxy groups -OCH3 is 1. The molecule has 0 fully saturated rings. The summed E-state index contributed by atoms with van der Waals surface area (Å²) in [4.78, 5) is 0. The van der Waals surface area contributed by atoms with Crippen LogP contribution in [0.15, 0.2) is 59.2 Å². The normalized spacial score (nSPS) is 16.7. The number of benzene rings is 2. The van der Waals surface area contributed by atoms with Crippen LogP contribution in [0, 0.1) is 0 Å². The molecule has 0 unspecified atom stereocenters. The van der Waals surface area contributed by atoms with Gasteiger partial charge >= 0.3 is 0 Å². The molecule has 1 aliphatic carbocycles. The number of fused-ring (bicyclic) bond motifs is 1. The molecule has 2 aromatic rings. The van der Waals surface area contributed by atoms with E-state index in [4.69, 9.17) is 22.7 Å². The summed E-state index contributed by atoms with van der Waals surface area (Å²) in [6, 6.07) is 16.3. The van der Waals surface area contributed by atoms with Gasteiger partial charge in [0.1, 0.15) is 5.75 Å². The van der Waals surface area contributed by atoms with Crippen molar-refractivity contribution < 1.29 is 4.74 Å². The number of nitrogens with two attached hydrogens (primary N) is 1. The number of hydrazone groups is 1. The fourth-order valence-corrected chi connectivity index (χ4v) is 2.88. The van der Waals surface area contributed by atoms with Crippen LogP contribution in [0.4, 0.5) is 0 Å². The fourth-order valence-electron chi connectivity index (χ4n) is 2.83. The van der Waals surface area contributed by atoms with E-state index in [9.17, 15) is 0 Å². The molecule has 0 saturated heterocycles. The monoisotopic (exact) mass is 337 g/mol. The molecule has 0 aromatic heterocycles. The van der Waals surface area contributed by atoms with Gasteiger partial charge in [0.05, 0.1) is 12.8 Å². The molecule has 0 atom stereocenters. The standard InChI is InChI=1S/C19H19N3OS/c1-23-16-9-10-17-14(12-16)7-8-15(18(17)21-22-19(20)24)11-13-5-3-2-4-6-13/h2-6,9-12H,7-8H2,1H3,(H3,20,22,24)/b15-11+,21-18+. The van der Waals surface area contributed by atoms with Crippen molar-refractivity contribution in [1.29, 1.82) is 0 Å². The Labute approximate surface area is 147 Å². The van der Waals surface area contributed by atoms with Crippen molar-refractivity contribution in [3.05, 3.63) is 70.8 Å². The van der Waals surface area contributed by atoms with Gasteiger partial charge in [-0.25, -0.2) is 0 Å². The van der Waals surface area contributed by atoms with Crippen molar-refractivity contribution in [1.82, 2.24) is 5.43 Å². The van der Waals surface area contributed by atoms with Gasteiger partial charge in [0, 0.05) is 5.56 Å². The van der Waals surface area contributed by atoms with Crippen LogP contribution in [0.25, 0.3) is 6.08 Å². The molecule has 1 aliphatic rings. The third-order valence-corrected chi connectivity index (χ3v) is 4.05. The Bertz CT molecular complexity index is 813. The van der Waals surface area contributed by atoms with E-state index in [2.05, 4.69) is 34.8 Å². The number of allylic oxidation sites excluding steroid dienone is 1. The first-order valence-electron chi connectivity index (χ1n) is 7.74. The molecular weight excluding hydrogens is 318 g/mol. The van der Waals surface area contributed by atoms with Crippen LogP contribution in [0.2, 0.25) is 0 Å². The summed E-state index contributed by atoms with van der Waals surface area (Å²) in [5.74, 6) is 0.853. The van der Waals surface area contributed by atoms with Crippen LogP contribution in [-0.2, 0) is 6.42 Å². The van der Waals surface area contributed by atoms with Gasteiger partial charge in [-0.15, -0.1) is 0 Å². The first kappa shape index (κ1) is 16.2. The Hall–Kier alpha value is -2.66. The number of rotatable bonds is 3. The molecule has 122 valence electrons. The molecule has 3 N–H and O–H groups in total. The first-order valence-corrected chi connectivity index (χ1v) is 8.14. The van der Waals surface area contributed by atoms with Crippen molar-refractivity contribution in [2.45, 2.75) is 12.8 Å². The lowest BCUT2D eigenvalue weighted by Crippen LogP contribution is -2.27. The second-order valence-electron chi connectivity index (χ2n) is 5.54. The van der Waals surface area contributed by atoms with Crippen LogP contribution >= 0.6 is 12.2 Å². The lowest BCUT2D eigenvalue weighted by Gasteiger charge is -2.22. The Morgan fingerprint density at radius 1 is 1.21 bits per heavy atom. The van der Waals surface area contributed by atoms with Gasteiger partial charge in [-0.3, -0.25) is 5.43 Å². The molecule has 2 aromatic carbocycles. The summed E-state index contributed by atoms with van der Waals surface area (Å²) in [5.41, 5.74) is 13.7. The Morgan fingerprint density at radius 2 is 2.00 bits per heavy atom. The number of ether oxygens (including phenoxy) is 1. The first-order chi connectivity index (χ1) is 11.7. The van der Waals surface area contributed by atoms with Gasteiger partial charge in [0.15, 0.2) is 5.11 Å². The Balaban J connectivity index is 2.05. The maximum atomic E-state index is 5.55. The summed E-state index contributed by atoms with van der Waals surface area (Å²) in [7, 11) is 1.68. The second kappa shape index (κ2) is 7.27. The summed E-state index contributed by atoms with van der Waals surface area (Å²) in [6.45, 7) is 0. The van der Waals surface area contributed by atoms with Crippen LogP contribution < -0.4 is 15.9 Å². The molecule has 3 rings (SSSR count). The molecule has 0 heterocycles. The van der Waals surface area contributed by atoms with Gasteiger partial charge in [-0.1, -0.05) is 30.3 Å². The van der Waals surface area contributed by atoms with E-state index in [1.807, 2.05) is 30.3 Å². The summed E-state index contributed by atoms with van der Waals surface area (Å²) < 4.78 is 5.33. The largest absolute Gasteiger partial charge is 0.497 e. The van der Waals surface area contributed by atoms with Gasteiger partial charge in [-0.05, 0) is 66.0 Å². The van der Waals surface area contributed by atoms with E-state index in [0.29, 0.717) is 0 Å². The quantitative estimate of drug-likeness (QED) is 0.667. The third-order valence-electron chi connectivity index (χ3n) is 3.95. The highest BCUT2D eigenvalue weighted by molar-refractivity contribution is 7.80. The van der Waals surface area contributed by atoms with E-state index < -0.39 is 0 Å². The third kappa shape index (κ3) is 3.63. The average molecular weight is 337 g/mol. The summed E-state index contributed by atoms with van der Waals surface area (Å²) in [6.07, 6.45) is 4.00. The van der Waals surface area contributed by atoms with Crippen molar-refractivity contribution >= 4 is 29.1 Å². The number of aryl methyl sites for hydroxylation is 1. The van der Waals surface area contributed by atoms with E-state index in [1.54, 1.807) is 7.11 Å². The highest BCUT2D eigenvalue weighted by atomic mass is 32.1. The van der Waals surface area contributed by atoms with E-state index in [0.717, 1.165) is 41.0 Å². The highest BCUT2D eigenvalue weighted by Crippen LogP contribution is 2.30. The number of hydrogen-bond acceptors (Lipinski definition) is 3. The molecular formula is C19H19N3OS. The number of thiocarbonyl (C=S) groups is 1. The second-order valence-corrected chi connectivity index (χ2v) is 5.98. The number of hydrogen-bond donors (Lipinski definition) is 2. The zero-order valence-corrected chi connectivity index (χ0v) is 14.3. The SMILES string of the molecule is COc1ccc2c(c1)CCC(=C\c1ccccc1)/C2=N\NC(N)=S. The lowest BCUT2D eigenvalue weighted by molar-refractivity contribution is 0.414. The summed E-state index contributed by atoms with van der Waals surface area (Å²) >= 11 is 4.89. The highest BCUT2D eigenvalue weighted by Gasteiger charge is 2.21. The van der Waals surface area contributed by atoms with Crippen molar-refractivity contribution in [2.75, 3.05) is 7.11 Å². The van der Waals surface area contributed by atoms with Crippen LogP contribution in [-0.4, -0.2) is 17.9 Å². The van der Waals surface area contributed by atoms with E-state index in [-0.39, 0.29) is 5.11 Å². The zero-order chi connectivity index (χ0) is 16.9. The zero-order valence-electron chi connectivity index (χ0n) is 13.5. The molecule has 0 radical (unpaired) electrons. The molecule has 0 bridgehead atoms. The average Bonchev–Trinajstić information content (AvgIpc) is 2.61. The van der Waals surface area contributed by atoms with Gasteiger partial charge < -0.3 is 10.5 Å². The molecule has 0 spiro atoms. The molecule has 24 heavy (non-hydrogen) atoms. The molecule has 4 nitrogen and oxygen atoms in total. The predicted molar refractivity (Wildman–Crippen MR) is 102 cm³/mol. The smallest absolute Gasteiger partial charge is 0.184 e. The van der Waals surface area contributed by atoms with Gasteiger partial charge in [-0.2, -0.15) is 5.10 Å². The van der Waals surface area contributed by atoms with Crippen molar-refractivity contribution in [3.8, 4) is 5.75 Å². The Morgan fingerprint density at radius 3 is 2.71 bits per heavy atom. The fraction of sp³-hybridized carbons (Fsp3) is 0.158. The molecule has 0 aliphatic heterocycles. The minimum atomic E-state index is 0.155. The minimum Gasteiger partial charge on any atom is -0.497 e. The van der Waals surface area contributed by atoms with Crippen molar-refractivity contribution in [3.63, 3.8) is 0 Å². The molecule has 5 heteroatoms. The topological polar surface area (TPSA) is 59.6 Å². The minimum absolute atomic E-state index is 0.155. The molecule has 0 amide bonds. The lowest BCUT2D eigenvalue weighted by atomic mass is 9.85. The number of nitrogens with zero attached hydrogens (tertiary/aromatic N) is 1. The van der Waals surface area contributed by atoms with Crippen LogP contribution in [0.3, 0.4) is 0 Å². The Kier molecular flexibility index (Phi) is 4.91. The summed E-state index contributed by atoms with van der Waals surface area (Å²) in [5, 5.41) is 4.60. The van der Waals surface area contributed by atoms with E-state index in [1.165, 1.54) is 5.56 Å². The molecule has 0 saturated carbocycles. The van der Waals surface area contributed by atoms with Gasteiger partial charge in [0.2, 0.25) is 0 Å². The van der Waals surface area contributed by atoms with Crippen molar-refractivity contribution in [2.24, 2.45) is 10.8 Å². The van der Waals surface area contributed by atoms with Crippen LogP contribution in [0.5, 0.6) is 5.75 Å². The number of nitrogens with one attached hydrogen (secondary N) is 1. The van der Waals surface area contributed by atoms with Gasteiger partial charge in [0.25, 0.3) is 0 Å².